The Bertz CT molecular complexity index is 571. The topological polar surface area (TPSA) is 89.3 Å². The van der Waals surface area contributed by atoms with Gasteiger partial charge >= 0.3 is 0 Å². The average molecular weight is 303 g/mol. The smallest absolute Gasteiger partial charge is 0.240 e. The molecule has 19 heavy (non-hydrogen) atoms. The monoisotopic (exact) mass is 302 g/mol. The lowest BCUT2D eigenvalue weighted by Gasteiger charge is -2.18. The number of rotatable bonds is 4. The van der Waals surface area contributed by atoms with E-state index in [1.54, 1.807) is 0 Å². The molecule has 1 aromatic rings. The second kappa shape index (κ2) is 5.48. The van der Waals surface area contributed by atoms with E-state index in [4.69, 9.17) is 17.3 Å². The minimum Gasteiger partial charge on any atom is -0.369 e. The number of carbonyl (C=O) groups is 1. The average Bonchev–Trinajstić information content (AvgIpc) is 2.77. The molecule has 1 fully saturated rings. The first-order valence-electron chi connectivity index (χ1n) is 5.97. The number of hydrogen-bond acceptors (Lipinski definition) is 3. The minimum absolute atomic E-state index is 0.132. The summed E-state index contributed by atoms with van der Waals surface area (Å²) in [5.74, 6) is -0.886. The third kappa shape index (κ3) is 3.26. The molecule has 104 valence electrons. The van der Waals surface area contributed by atoms with Gasteiger partial charge in [-0.15, -0.1) is 0 Å². The van der Waals surface area contributed by atoms with Crippen molar-refractivity contribution >= 4 is 27.5 Å². The number of amides is 1. The van der Waals surface area contributed by atoms with Crippen LogP contribution in [0.1, 0.15) is 19.3 Å². The number of nitrogens with two attached hydrogens (primary N) is 1. The molecule has 1 aromatic carbocycles. The van der Waals surface area contributed by atoms with Crippen molar-refractivity contribution in [2.24, 2.45) is 11.7 Å². The van der Waals surface area contributed by atoms with E-state index in [0.29, 0.717) is 17.9 Å². The van der Waals surface area contributed by atoms with Crippen molar-refractivity contribution in [1.29, 1.82) is 0 Å². The predicted molar refractivity (Wildman–Crippen MR) is 72.1 cm³/mol. The highest BCUT2D eigenvalue weighted by Crippen LogP contribution is 2.27. The highest BCUT2D eigenvalue weighted by molar-refractivity contribution is 7.89. The molecule has 0 radical (unpaired) electrons. The number of sulfonamides is 1. The molecule has 7 heteroatoms. The van der Waals surface area contributed by atoms with Gasteiger partial charge in [0.25, 0.3) is 0 Å². The minimum atomic E-state index is -3.64. The van der Waals surface area contributed by atoms with Gasteiger partial charge in [0, 0.05) is 11.1 Å². The highest BCUT2D eigenvalue weighted by atomic mass is 35.5. The molecule has 2 rings (SSSR count). The van der Waals surface area contributed by atoms with Crippen LogP contribution in [0.2, 0.25) is 5.02 Å². The van der Waals surface area contributed by atoms with Gasteiger partial charge in [0.1, 0.15) is 0 Å². The molecule has 0 saturated heterocycles. The Morgan fingerprint density at radius 3 is 2.47 bits per heavy atom. The van der Waals surface area contributed by atoms with Crippen molar-refractivity contribution in [3.8, 4) is 0 Å². The Hall–Kier alpha value is -1.11. The van der Waals surface area contributed by atoms with Crippen LogP contribution in [-0.4, -0.2) is 20.4 Å². The fourth-order valence-electron chi connectivity index (χ4n) is 2.32. The molecule has 3 N–H and O–H groups in total. The summed E-state index contributed by atoms with van der Waals surface area (Å²) >= 11 is 5.72. The zero-order chi connectivity index (χ0) is 14.0. The van der Waals surface area contributed by atoms with Crippen molar-refractivity contribution < 1.29 is 13.2 Å². The molecular weight excluding hydrogens is 288 g/mol. The van der Waals surface area contributed by atoms with Crippen LogP contribution in [0.4, 0.5) is 0 Å². The zero-order valence-electron chi connectivity index (χ0n) is 10.2. The van der Waals surface area contributed by atoms with E-state index in [0.717, 1.165) is 6.42 Å². The molecular formula is C12H15ClN2O3S. The van der Waals surface area contributed by atoms with Crippen LogP contribution < -0.4 is 10.5 Å². The Kier molecular flexibility index (Phi) is 4.13. The van der Waals surface area contributed by atoms with E-state index in [1.807, 2.05) is 0 Å². The van der Waals surface area contributed by atoms with Gasteiger partial charge in [-0.25, -0.2) is 13.1 Å². The van der Waals surface area contributed by atoms with Crippen molar-refractivity contribution in [2.75, 3.05) is 0 Å². The quantitative estimate of drug-likeness (QED) is 0.878. The summed E-state index contributed by atoms with van der Waals surface area (Å²) in [4.78, 5) is 11.4. The van der Waals surface area contributed by atoms with Gasteiger partial charge in [0.05, 0.1) is 10.8 Å². The van der Waals surface area contributed by atoms with Crippen LogP contribution in [0.25, 0.3) is 0 Å². The number of hydrogen-bond donors (Lipinski definition) is 2. The summed E-state index contributed by atoms with van der Waals surface area (Å²) in [5, 5.41) is 0.467. The zero-order valence-corrected chi connectivity index (χ0v) is 11.7. The Morgan fingerprint density at radius 2 is 1.89 bits per heavy atom. The van der Waals surface area contributed by atoms with Gasteiger partial charge < -0.3 is 5.73 Å². The van der Waals surface area contributed by atoms with Gasteiger partial charge in [0.15, 0.2) is 0 Å². The molecule has 0 bridgehead atoms. The summed E-state index contributed by atoms with van der Waals surface area (Å²) in [7, 11) is -3.64. The molecule has 0 aliphatic heterocycles. The summed E-state index contributed by atoms with van der Waals surface area (Å²) in [6.07, 6.45) is 2.05. The Balaban J connectivity index is 2.17. The molecule has 1 aliphatic rings. The van der Waals surface area contributed by atoms with Crippen molar-refractivity contribution in [1.82, 2.24) is 4.72 Å². The third-order valence-electron chi connectivity index (χ3n) is 3.31. The molecule has 2 atom stereocenters. The van der Waals surface area contributed by atoms with E-state index in [-0.39, 0.29) is 4.90 Å². The largest absolute Gasteiger partial charge is 0.369 e. The van der Waals surface area contributed by atoms with Crippen molar-refractivity contribution in [3.05, 3.63) is 29.3 Å². The molecule has 0 heterocycles. The SMILES string of the molecule is NC(=O)[C@@H]1CCC[C@@H]1NS(=O)(=O)c1ccc(Cl)cc1. The first kappa shape index (κ1) is 14.3. The van der Waals surface area contributed by atoms with E-state index in [1.165, 1.54) is 24.3 Å². The maximum Gasteiger partial charge on any atom is 0.240 e. The fraction of sp³-hybridized carbons (Fsp3) is 0.417. The number of benzene rings is 1. The molecule has 0 unspecified atom stereocenters. The Labute approximate surface area is 117 Å². The van der Waals surface area contributed by atoms with E-state index >= 15 is 0 Å². The molecule has 5 nitrogen and oxygen atoms in total. The van der Waals surface area contributed by atoms with Crippen LogP contribution in [0.15, 0.2) is 29.2 Å². The fourth-order valence-corrected chi connectivity index (χ4v) is 3.76. The lowest BCUT2D eigenvalue weighted by Crippen LogP contribution is -2.42. The third-order valence-corrected chi connectivity index (χ3v) is 5.07. The van der Waals surface area contributed by atoms with Gasteiger partial charge in [-0.2, -0.15) is 0 Å². The summed E-state index contributed by atoms with van der Waals surface area (Å²) in [5.41, 5.74) is 5.27. The van der Waals surface area contributed by atoms with Crippen LogP contribution in [0, 0.1) is 5.92 Å². The van der Waals surface area contributed by atoms with Crippen LogP contribution in [-0.2, 0) is 14.8 Å². The second-order valence-corrected chi connectivity index (χ2v) is 6.77. The van der Waals surface area contributed by atoms with Crippen LogP contribution in [0.5, 0.6) is 0 Å². The summed E-state index contributed by atoms with van der Waals surface area (Å²) in [6, 6.07) is 5.46. The molecule has 1 aliphatic carbocycles. The van der Waals surface area contributed by atoms with Crippen LogP contribution >= 0.6 is 11.6 Å². The normalized spacial score (nSPS) is 23.4. The number of halogens is 1. The van der Waals surface area contributed by atoms with Gasteiger partial charge in [-0.3, -0.25) is 4.79 Å². The maximum absolute atomic E-state index is 12.2. The number of primary amides is 1. The summed E-state index contributed by atoms with van der Waals surface area (Å²) < 4.78 is 26.9. The van der Waals surface area contributed by atoms with Gasteiger partial charge in [-0.05, 0) is 37.1 Å². The van der Waals surface area contributed by atoms with Crippen LogP contribution in [0.3, 0.4) is 0 Å². The lowest BCUT2D eigenvalue weighted by molar-refractivity contribution is -0.122. The van der Waals surface area contributed by atoms with E-state index < -0.39 is 27.9 Å². The predicted octanol–water partition coefficient (Wildman–Crippen LogP) is 1.27. The van der Waals surface area contributed by atoms with E-state index in [2.05, 4.69) is 4.72 Å². The summed E-state index contributed by atoms with van der Waals surface area (Å²) in [6.45, 7) is 0. The van der Waals surface area contributed by atoms with Gasteiger partial charge in [-0.1, -0.05) is 18.0 Å². The molecule has 0 aromatic heterocycles. The lowest BCUT2D eigenvalue weighted by atomic mass is 10.0. The highest BCUT2D eigenvalue weighted by Gasteiger charge is 2.34. The number of carbonyl (C=O) groups excluding carboxylic acids is 1. The maximum atomic E-state index is 12.2. The molecule has 0 spiro atoms. The molecule has 1 amide bonds. The first-order valence-corrected chi connectivity index (χ1v) is 7.83. The number of nitrogens with one attached hydrogen (secondary N) is 1. The van der Waals surface area contributed by atoms with Crippen molar-refractivity contribution in [3.63, 3.8) is 0 Å². The van der Waals surface area contributed by atoms with Gasteiger partial charge in [0.2, 0.25) is 15.9 Å². The van der Waals surface area contributed by atoms with E-state index in [9.17, 15) is 13.2 Å². The standard InChI is InChI=1S/C12H15ClN2O3S/c13-8-4-6-9(7-5-8)19(17,18)15-11-3-1-2-10(11)12(14)16/h4-7,10-11,15H,1-3H2,(H2,14,16)/t10-,11+/m1/s1. The van der Waals surface area contributed by atoms with Crippen molar-refractivity contribution in [2.45, 2.75) is 30.2 Å². The Morgan fingerprint density at radius 1 is 1.26 bits per heavy atom. The second-order valence-electron chi connectivity index (χ2n) is 4.62. The molecule has 1 saturated carbocycles. The first-order chi connectivity index (χ1) is 8.90.